The molecule has 2 nitrogen and oxygen atoms in total. The molecule has 0 aliphatic heterocycles. The van der Waals surface area contributed by atoms with Crippen molar-refractivity contribution in [3.05, 3.63) is 34.4 Å². The van der Waals surface area contributed by atoms with E-state index in [1.807, 2.05) is 0 Å². The zero-order valence-corrected chi connectivity index (χ0v) is 12.1. The van der Waals surface area contributed by atoms with Crippen LogP contribution in [-0.2, 0) is 0 Å². The fourth-order valence-electron chi connectivity index (χ4n) is 1.61. The Morgan fingerprint density at radius 2 is 1.89 bits per heavy atom. The Morgan fingerprint density at radius 3 is 2.53 bits per heavy atom. The van der Waals surface area contributed by atoms with Crippen molar-refractivity contribution < 1.29 is 13.6 Å². The molecule has 1 rings (SSSR count). The average molecular weight is 310 g/mol. The largest absolute Gasteiger partial charge is 0.342 e. The van der Waals surface area contributed by atoms with Crippen LogP contribution in [0.15, 0.2) is 12.1 Å². The summed E-state index contributed by atoms with van der Waals surface area (Å²) in [6, 6.07) is 1.64. The van der Waals surface area contributed by atoms with Gasteiger partial charge >= 0.3 is 0 Å². The second kappa shape index (κ2) is 7.65. The van der Waals surface area contributed by atoms with E-state index in [9.17, 15) is 13.6 Å². The van der Waals surface area contributed by atoms with Gasteiger partial charge in [0.25, 0.3) is 5.91 Å². The Labute approximate surface area is 121 Å². The molecule has 0 fully saturated rings. The number of hydrogen-bond donors (Lipinski definition) is 0. The molecular formula is C13H15Cl2F2NO. The summed E-state index contributed by atoms with van der Waals surface area (Å²) in [5, 5.41) is -0.334. The summed E-state index contributed by atoms with van der Waals surface area (Å²) in [6.45, 7) is 0.472. The first-order chi connectivity index (χ1) is 8.97. The molecule has 1 aromatic carbocycles. The number of unbranched alkanes of at least 4 members (excludes halogenated alkanes) is 2. The Kier molecular flexibility index (Phi) is 6.52. The van der Waals surface area contributed by atoms with Crippen LogP contribution in [0, 0.1) is 11.6 Å². The van der Waals surface area contributed by atoms with Crippen LogP contribution in [0.25, 0.3) is 0 Å². The fraction of sp³-hybridized carbons (Fsp3) is 0.462. The van der Waals surface area contributed by atoms with Crippen LogP contribution < -0.4 is 0 Å². The number of rotatable bonds is 6. The van der Waals surface area contributed by atoms with Gasteiger partial charge in [0, 0.05) is 19.5 Å². The molecule has 0 atom stereocenters. The van der Waals surface area contributed by atoms with Gasteiger partial charge in [-0.15, -0.1) is 11.6 Å². The first-order valence-corrected chi connectivity index (χ1v) is 6.84. The number of hydrogen-bond acceptors (Lipinski definition) is 1. The van der Waals surface area contributed by atoms with Gasteiger partial charge in [-0.2, -0.15) is 0 Å². The summed E-state index contributed by atoms with van der Waals surface area (Å²) in [5.41, 5.74) is -0.304. The second-order valence-corrected chi connectivity index (χ2v) is 5.01. The van der Waals surface area contributed by atoms with Crippen LogP contribution in [0.3, 0.4) is 0 Å². The van der Waals surface area contributed by atoms with Crippen LogP contribution >= 0.6 is 23.2 Å². The second-order valence-electron chi connectivity index (χ2n) is 4.22. The molecule has 0 saturated carbocycles. The zero-order valence-electron chi connectivity index (χ0n) is 10.6. The quantitative estimate of drug-likeness (QED) is 0.440. The zero-order chi connectivity index (χ0) is 14.4. The highest BCUT2D eigenvalue weighted by atomic mass is 35.5. The first-order valence-electron chi connectivity index (χ1n) is 5.93. The van der Waals surface area contributed by atoms with Crippen molar-refractivity contribution in [3.63, 3.8) is 0 Å². The number of carbonyl (C=O) groups is 1. The first kappa shape index (κ1) is 16.2. The smallest absolute Gasteiger partial charge is 0.256 e. The maximum Gasteiger partial charge on any atom is 0.256 e. The van der Waals surface area contributed by atoms with Gasteiger partial charge in [-0.3, -0.25) is 4.79 Å². The Hall–Kier alpha value is -0.870. The van der Waals surface area contributed by atoms with Gasteiger partial charge in [-0.05, 0) is 25.0 Å². The number of alkyl halides is 1. The van der Waals surface area contributed by atoms with Crippen molar-refractivity contribution >= 4 is 29.1 Å². The van der Waals surface area contributed by atoms with Crippen molar-refractivity contribution in [1.29, 1.82) is 0 Å². The molecule has 0 aliphatic rings. The van der Waals surface area contributed by atoms with Crippen molar-refractivity contribution in [2.24, 2.45) is 0 Å². The lowest BCUT2D eigenvalue weighted by Gasteiger charge is -2.17. The maximum absolute atomic E-state index is 13.6. The molecule has 0 N–H and O–H groups in total. The van der Waals surface area contributed by atoms with E-state index in [-0.39, 0.29) is 10.6 Å². The fourth-order valence-corrected chi connectivity index (χ4v) is 1.95. The Balaban J connectivity index is 2.69. The molecule has 6 heteroatoms. The SMILES string of the molecule is CN(CCCCCCl)C(=O)c1cc(F)c(Cl)cc1F. The minimum absolute atomic E-state index is 0.304. The van der Waals surface area contributed by atoms with E-state index in [1.165, 1.54) is 4.90 Å². The van der Waals surface area contributed by atoms with Gasteiger partial charge in [0.2, 0.25) is 0 Å². The van der Waals surface area contributed by atoms with E-state index >= 15 is 0 Å². The molecule has 0 saturated heterocycles. The monoisotopic (exact) mass is 309 g/mol. The van der Waals surface area contributed by atoms with E-state index in [2.05, 4.69) is 0 Å². The number of amides is 1. The number of carbonyl (C=O) groups excluding carboxylic acids is 1. The van der Waals surface area contributed by atoms with Gasteiger partial charge < -0.3 is 4.90 Å². The molecule has 0 bridgehead atoms. The third-order valence-corrected chi connectivity index (χ3v) is 3.27. The number of halogens is 4. The Morgan fingerprint density at radius 1 is 1.21 bits per heavy atom. The van der Waals surface area contributed by atoms with Gasteiger partial charge in [-0.1, -0.05) is 18.0 Å². The number of benzene rings is 1. The number of nitrogens with zero attached hydrogens (tertiary/aromatic N) is 1. The molecule has 0 heterocycles. The summed E-state index contributed by atoms with van der Waals surface area (Å²) in [7, 11) is 1.55. The molecular weight excluding hydrogens is 295 g/mol. The predicted octanol–water partition coefficient (Wildman–Crippen LogP) is 4.10. The minimum Gasteiger partial charge on any atom is -0.342 e. The van der Waals surface area contributed by atoms with Gasteiger partial charge in [-0.25, -0.2) is 8.78 Å². The molecule has 0 aliphatic carbocycles. The van der Waals surface area contributed by atoms with E-state index in [0.717, 1.165) is 31.4 Å². The summed E-state index contributed by atoms with van der Waals surface area (Å²) >= 11 is 11.0. The predicted molar refractivity (Wildman–Crippen MR) is 72.9 cm³/mol. The van der Waals surface area contributed by atoms with E-state index in [0.29, 0.717) is 12.4 Å². The Bertz CT molecular complexity index is 455. The maximum atomic E-state index is 13.6. The van der Waals surface area contributed by atoms with Crippen LogP contribution in [0.4, 0.5) is 8.78 Å². The summed E-state index contributed by atoms with van der Waals surface area (Å²) in [6.07, 6.45) is 2.53. The third kappa shape index (κ3) is 4.62. The van der Waals surface area contributed by atoms with Gasteiger partial charge in [0.15, 0.2) is 0 Å². The van der Waals surface area contributed by atoms with E-state index in [1.54, 1.807) is 7.05 Å². The highest BCUT2D eigenvalue weighted by molar-refractivity contribution is 6.30. The molecule has 0 spiro atoms. The van der Waals surface area contributed by atoms with Crippen molar-refractivity contribution in [2.45, 2.75) is 19.3 Å². The molecule has 19 heavy (non-hydrogen) atoms. The van der Waals surface area contributed by atoms with E-state index in [4.69, 9.17) is 23.2 Å². The van der Waals surface area contributed by atoms with Crippen molar-refractivity contribution in [3.8, 4) is 0 Å². The molecule has 106 valence electrons. The van der Waals surface area contributed by atoms with Gasteiger partial charge in [0.05, 0.1) is 10.6 Å². The van der Waals surface area contributed by atoms with Crippen LogP contribution in [-0.4, -0.2) is 30.3 Å². The highest BCUT2D eigenvalue weighted by Gasteiger charge is 2.18. The summed E-state index contributed by atoms with van der Waals surface area (Å²) < 4.78 is 26.8. The molecule has 0 aromatic heterocycles. The van der Waals surface area contributed by atoms with Gasteiger partial charge in [0.1, 0.15) is 11.6 Å². The summed E-state index contributed by atoms with van der Waals surface area (Å²) in [5.74, 6) is -1.60. The molecule has 1 amide bonds. The molecule has 0 unspecified atom stereocenters. The van der Waals surface area contributed by atoms with Crippen LogP contribution in [0.2, 0.25) is 5.02 Å². The normalized spacial score (nSPS) is 10.6. The van der Waals surface area contributed by atoms with Crippen LogP contribution in [0.5, 0.6) is 0 Å². The topological polar surface area (TPSA) is 20.3 Å². The minimum atomic E-state index is -0.816. The lowest BCUT2D eigenvalue weighted by molar-refractivity contribution is 0.0787. The molecule has 1 aromatic rings. The van der Waals surface area contributed by atoms with Crippen molar-refractivity contribution in [2.75, 3.05) is 19.5 Å². The average Bonchev–Trinajstić information content (AvgIpc) is 2.38. The molecule has 0 radical (unpaired) electrons. The van der Waals surface area contributed by atoms with Crippen molar-refractivity contribution in [1.82, 2.24) is 4.90 Å². The van der Waals surface area contributed by atoms with Crippen LogP contribution in [0.1, 0.15) is 29.6 Å². The third-order valence-electron chi connectivity index (χ3n) is 2.71. The lowest BCUT2D eigenvalue weighted by Crippen LogP contribution is -2.28. The summed E-state index contributed by atoms with van der Waals surface area (Å²) in [4.78, 5) is 13.3. The highest BCUT2D eigenvalue weighted by Crippen LogP contribution is 2.20. The standard InChI is InChI=1S/C13H15Cl2F2NO/c1-18(6-4-2-3-5-14)13(19)9-7-12(17)10(15)8-11(9)16/h7-8H,2-6H2,1H3. The lowest BCUT2D eigenvalue weighted by atomic mass is 10.1. The van der Waals surface area contributed by atoms with E-state index < -0.39 is 17.5 Å².